The van der Waals surface area contributed by atoms with Crippen LogP contribution in [0.15, 0.2) is 18.5 Å². The fraction of sp³-hybridized carbons (Fsp3) is 0.133. The number of hydrogen-bond donors (Lipinski definition) is 2. The van der Waals surface area contributed by atoms with E-state index in [1.807, 2.05) is 0 Å². The minimum atomic E-state index is -4.76. The van der Waals surface area contributed by atoms with Gasteiger partial charge in [-0.05, 0) is 6.07 Å². The Kier molecular flexibility index (Phi) is 4.45. The minimum Gasteiger partial charge on any atom is -0.494 e. The number of nitrogens with two attached hydrogens (primary N) is 1. The Hall–Kier alpha value is -2.52. The van der Waals surface area contributed by atoms with Gasteiger partial charge in [-0.1, -0.05) is 23.2 Å². The molecule has 3 rings (SSSR count). The number of aromatic nitrogens is 3. The number of carbonyl (C=O) groups excluding carboxylic acids is 1. The van der Waals surface area contributed by atoms with Crippen LogP contribution in [-0.2, 0) is 6.18 Å². The molecule has 26 heavy (non-hydrogen) atoms. The van der Waals surface area contributed by atoms with Crippen LogP contribution >= 0.6 is 23.2 Å². The molecule has 0 unspecified atom stereocenters. The first-order valence-corrected chi connectivity index (χ1v) is 7.67. The molecule has 136 valence electrons. The van der Waals surface area contributed by atoms with Gasteiger partial charge in [0.25, 0.3) is 5.91 Å². The van der Waals surface area contributed by atoms with Gasteiger partial charge in [-0.2, -0.15) is 13.2 Å². The van der Waals surface area contributed by atoms with Gasteiger partial charge < -0.3 is 15.5 Å². The number of hydrogen-bond acceptors (Lipinski definition) is 4. The van der Waals surface area contributed by atoms with E-state index in [0.29, 0.717) is 0 Å². The molecule has 11 heteroatoms. The molecule has 1 amide bonds. The van der Waals surface area contributed by atoms with Crippen molar-refractivity contribution in [1.29, 1.82) is 0 Å². The number of pyridine rings is 1. The van der Waals surface area contributed by atoms with E-state index in [0.717, 1.165) is 0 Å². The number of alkyl halides is 3. The van der Waals surface area contributed by atoms with E-state index in [-0.39, 0.29) is 43.5 Å². The Morgan fingerprint density at radius 2 is 1.88 bits per heavy atom. The molecule has 0 aliphatic carbocycles. The molecule has 0 saturated heterocycles. The highest BCUT2D eigenvalue weighted by Crippen LogP contribution is 2.42. The Labute approximate surface area is 154 Å². The fourth-order valence-corrected chi connectivity index (χ4v) is 3.11. The molecular formula is C15H9Cl2F3N4O2. The summed E-state index contributed by atoms with van der Waals surface area (Å²) in [5.74, 6) is -2.29. The number of methoxy groups -OCH3 is 1. The van der Waals surface area contributed by atoms with Gasteiger partial charge in [0, 0.05) is 23.5 Å². The smallest absolute Gasteiger partial charge is 0.449 e. The lowest BCUT2D eigenvalue weighted by atomic mass is 9.98. The Morgan fingerprint density at radius 1 is 1.27 bits per heavy atom. The standard InChI is InChI=1S/C15H9Cl2F3N4O2/c1-26-8-2-5(9-6(16)3-22-4-7(9)17)10(13(21)25)12-11(8)23-14(24-12)15(18,19)20/h2-4H,1H3,(H2,21,25)(H,23,24). The largest absolute Gasteiger partial charge is 0.494 e. The highest BCUT2D eigenvalue weighted by molar-refractivity contribution is 6.39. The van der Waals surface area contributed by atoms with Crippen molar-refractivity contribution in [3.8, 4) is 16.9 Å². The summed E-state index contributed by atoms with van der Waals surface area (Å²) < 4.78 is 44.3. The summed E-state index contributed by atoms with van der Waals surface area (Å²) in [4.78, 5) is 21.4. The normalized spacial score (nSPS) is 11.8. The van der Waals surface area contributed by atoms with Crippen molar-refractivity contribution < 1.29 is 22.7 Å². The first-order chi connectivity index (χ1) is 12.1. The summed E-state index contributed by atoms with van der Waals surface area (Å²) in [6.07, 6.45) is -2.21. The third-order valence-corrected chi connectivity index (χ3v) is 4.16. The second kappa shape index (κ2) is 6.33. The maximum Gasteiger partial charge on any atom is 0.449 e. The van der Waals surface area contributed by atoms with Crippen LogP contribution in [0.1, 0.15) is 16.2 Å². The average molecular weight is 405 g/mol. The zero-order chi connectivity index (χ0) is 19.2. The van der Waals surface area contributed by atoms with Crippen molar-refractivity contribution >= 4 is 40.1 Å². The summed E-state index contributed by atoms with van der Waals surface area (Å²) in [6, 6.07) is 1.31. The van der Waals surface area contributed by atoms with Gasteiger partial charge in [0.2, 0.25) is 5.82 Å². The topological polar surface area (TPSA) is 93.9 Å². The number of halogens is 5. The molecule has 2 heterocycles. The van der Waals surface area contributed by atoms with Crippen LogP contribution in [0.3, 0.4) is 0 Å². The average Bonchev–Trinajstić information content (AvgIpc) is 2.98. The molecule has 0 aliphatic heterocycles. The molecular weight excluding hydrogens is 396 g/mol. The molecule has 2 aromatic heterocycles. The van der Waals surface area contributed by atoms with E-state index < -0.39 is 17.9 Å². The van der Waals surface area contributed by atoms with Crippen LogP contribution in [-0.4, -0.2) is 28.0 Å². The van der Waals surface area contributed by atoms with E-state index in [9.17, 15) is 18.0 Å². The number of fused-ring (bicyclic) bond motifs is 1. The number of primary amides is 1. The van der Waals surface area contributed by atoms with E-state index in [1.165, 1.54) is 25.6 Å². The van der Waals surface area contributed by atoms with Gasteiger partial charge in [-0.25, -0.2) is 4.98 Å². The molecule has 6 nitrogen and oxygen atoms in total. The highest BCUT2D eigenvalue weighted by Gasteiger charge is 2.36. The van der Waals surface area contributed by atoms with Crippen LogP contribution in [0.4, 0.5) is 13.2 Å². The molecule has 3 aromatic rings. The highest BCUT2D eigenvalue weighted by atomic mass is 35.5. The maximum atomic E-state index is 13.0. The number of nitrogens with one attached hydrogen (secondary N) is 1. The van der Waals surface area contributed by atoms with Crippen molar-refractivity contribution in [3.05, 3.63) is 39.9 Å². The van der Waals surface area contributed by atoms with E-state index in [4.69, 9.17) is 33.7 Å². The van der Waals surface area contributed by atoms with Gasteiger partial charge in [-0.3, -0.25) is 9.78 Å². The molecule has 0 atom stereocenters. The molecule has 0 aliphatic rings. The van der Waals surface area contributed by atoms with Crippen molar-refractivity contribution in [1.82, 2.24) is 15.0 Å². The molecule has 0 saturated carbocycles. The minimum absolute atomic E-state index is 0.00643. The predicted molar refractivity (Wildman–Crippen MR) is 89.4 cm³/mol. The third kappa shape index (κ3) is 2.93. The van der Waals surface area contributed by atoms with Crippen molar-refractivity contribution in [2.75, 3.05) is 7.11 Å². The van der Waals surface area contributed by atoms with Gasteiger partial charge >= 0.3 is 6.18 Å². The Balaban J connectivity index is 2.48. The molecule has 0 spiro atoms. The zero-order valence-electron chi connectivity index (χ0n) is 12.9. The monoisotopic (exact) mass is 404 g/mol. The Morgan fingerprint density at radius 3 is 2.38 bits per heavy atom. The van der Waals surface area contributed by atoms with E-state index >= 15 is 0 Å². The number of H-pyrrole nitrogens is 1. The first-order valence-electron chi connectivity index (χ1n) is 6.92. The summed E-state index contributed by atoms with van der Waals surface area (Å²) in [5, 5.41) is 0.154. The summed E-state index contributed by atoms with van der Waals surface area (Å²) >= 11 is 12.2. The number of aromatic amines is 1. The van der Waals surface area contributed by atoms with Gasteiger partial charge in [0.05, 0.1) is 22.7 Å². The SMILES string of the molecule is COc1cc(-c2c(Cl)cncc2Cl)c(C(N)=O)c2nc(C(F)(F)F)[nH]c12. The van der Waals surface area contributed by atoms with Crippen LogP contribution in [0.2, 0.25) is 10.0 Å². The van der Waals surface area contributed by atoms with E-state index in [2.05, 4.69) is 15.0 Å². The predicted octanol–water partition coefficient (Wildman–Crippen LogP) is 4.06. The van der Waals surface area contributed by atoms with Gasteiger partial charge in [-0.15, -0.1) is 0 Å². The number of rotatable bonds is 3. The lowest BCUT2D eigenvalue weighted by Gasteiger charge is -2.13. The quantitative estimate of drug-likeness (QED) is 0.688. The van der Waals surface area contributed by atoms with Crippen LogP contribution in [0, 0.1) is 0 Å². The summed E-state index contributed by atoms with van der Waals surface area (Å²) in [5.41, 5.74) is 4.96. The van der Waals surface area contributed by atoms with Crippen molar-refractivity contribution in [2.24, 2.45) is 5.73 Å². The number of nitrogens with zero attached hydrogens (tertiary/aromatic N) is 2. The third-order valence-electron chi connectivity index (χ3n) is 3.59. The maximum absolute atomic E-state index is 13.0. The second-order valence-electron chi connectivity index (χ2n) is 5.15. The lowest BCUT2D eigenvalue weighted by molar-refractivity contribution is -0.144. The zero-order valence-corrected chi connectivity index (χ0v) is 14.4. The van der Waals surface area contributed by atoms with Crippen LogP contribution in [0.25, 0.3) is 22.2 Å². The molecule has 0 bridgehead atoms. The number of ether oxygens (including phenoxy) is 1. The van der Waals surface area contributed by atoms with Gasteiger partial charge in [0.1, 0.15) is 16.8 Å². The van der Waals surface area contributed by atoms with Crippen molar-refractivity contribution in [2.45, 2.75) is 6.18 Å². The first kappa shape index (κ1) is 18.3. The number of benzene rings is 1. The fourth-order valence-electron chi connectivity index (χ4n) is 2.55. The summed E-state index contributed by atoms with van der Waals surface area (Å²) in [6.45, 7) is 0. The number of amides is 1. The van der Waals surface area contributed by atoms with Crippen LogP contribution in [0.5, 0.6) is 5.75 Å². The molecule has 0 fully saturated rings. The van der Waals surface area contributed by atoms with E-state index in [1.54, 1.807) is 0 Å². The van der Waals surface area contributed by atoms with Crippen LogP contribution < -0.4 is 10.5 Å². The number of carbonyl (C=O) groups is 1. The lowest BCUT2D eigenvalue weighted by Crippen LogP contribution is -2.14. The molecule has 3 N–H and O–H groups in total. The Bertz CT molecular complexity index is 1010. The molecule has 0 radical (unpaired) electrons. The van der Waals surface area contributed by atoms with Crippen molar-refractivity contribution in [3.63, 3.8) is 0 Å². The second-order valence-corrected chi connectivity index (χ2v) is 5.96. The molecule has 1 aromatic carbocycles. The number of imidazole rings is 1. The van der Waals surface area contributed by atoms with Gasteiger partial charge in [0.15, 0.2) is 0 Å². The summed E-state index contributed by atoms with van der Waals surface area (Å²) in [7, 11) is 1.26.